The fourth-order valence-corrected chi connectivity index (χ4v) is 1.25. The molecule has 1 aromatic rings. The summed E-state index contributed by atoms with van der Waals surface area (Å²) in [5.74, 6) is -0.473. The Labute approximate surface area is 81.7 Å². The van der Waals surface area contributed by atoms with Crippen LogP contribution < -0.4 is 5.69 Å². The summed E-state index contributed by atoms with van der Waals surface area (Å²) in [6.07, 6.45) is 1.38. The molecule has 78 valence electrons. The van der Waals surface area contributed by atoms with Gasteiger partial charge in [0, 0.05) is 12.2 Å². The van der Waals surface area contributed by atoms with Crippen molar-refractivity contribution in [1.82, 2.24) is 9.55 Å². The topological polar surface area (TPSA) is 64.1 Å². The predicted molar refractivity (Wildman–Crippen MR) is 51.4 cm³/mol. The van der Waals surface area contributed by atoms with Crippen LogP contribution in [-0.4, -0.2) is 22.1 Å². The van der Waals surface area contributed by atoms with Gasteiger partial charge in [-0.15, -0.1) is 0 Å². The molecule has 0 unspecified atom stereocenters. The van der Waals surface area contributed by atoms with Crippen LogP contribution in [0.25, 0.3) is 0 Å². The number of nitrogens with zero attached hydrogens (tertiary/aromatic N) is 1. The van der Waals surface area contributed by atoms with E-state index in [-0.39, 0.29) is 17.4 Å². The highest BCUT2D eigenvalue weighted by Gasteiger charge is 2.16. The van der Waals surface area contributed by atoms with Gasteiger partial charge in [0.1, 0.15) is 5.69 Å². The van der Waals surface area contributed by atoms with Crippen molar-refractivity contribution < 1.29 is 9.53 Å². The van der Waals surface area contributed by atoms with Gasteiger partial charge < -0.3 is 9.72 Å². The van der Waals surface area contributed by atoms with Gasteiger partial charge >= 0.3 is 11.7 Å². The van der Waals surface area contributed by atoms with E-state index in [1.165, 1.54) is 10.8 Å². The number of hydrogen-bond donors (Lipinski definition) is 1. The second-order valence-corrected chi connectivity index (χ2v) is 3.16. The van der Waals surface area contributed by atoms with Crippen molar-refractivity contribution in [3.05, 3.63) is 22.4 Å². The zero-order valence-corrected chi connectivity index (χ0v) is 8.53. The molecule has 0 aliphatic heterocycles. The van der Waals surface area contributed by atoms with Crippen LogP contribution >= 0.6 is 0 Å². The normalized spacial score (nSPS) is 10.6. The van der Waals surface area contributed by atoms with Crippen molar-refractivity contribution in [2.75, 3.05) is 6.61 Å². The van der Waals surface area contributed by atoms with Gasteiger partial charge in [0.05, 0.1) is 6.61 Å². The van der Waals surface area contributed by atoms with Crippen molar-refractivity contribution in [2.24, 2.45) is 0 Å². The molecule has 1 rings (SSSR count). The molecule has 1 heterocycles. The SMILES string of the molecule is CCOC(=O)c1c[nH]c(=O)n1C(C)C. The van der Waals surface area contributed by atoms with Crippen LogP contribution in [0.15, 0.2) is 11.0 Å². The van der Waals surface area contributed by atoms with Gasteiger partial charge in [-0.2, -0.15) is 0 Å². The van der Waals surface area contributed by atoms with Crippen LogP contribution in [0.2, 0.25) is 0 Å². The number of aromatic nitrogens is 2. The largest absolute Gasteiger partial charge is 0.461 e. The number of carbonyl (C=O) groups excluding carboxylic acids is 1. The average Bonchev–Trinajstić information content (AvgIpc) is 2.47. The summed E-state index contributed by atoms with van der Waals surface area (Å²) in [6, 6.07) is -0.0619. The van der Waals surface area contributed by atoms with Crippen LogP contribution in [-0.2, 0) is 4.74 Å². The lowest BCUT2D eigenvalue weighted by Crippen LogP contribution is -2.23. The Kier molecular flexibility index (Phi) is 3.11. The molecule has 0 atom stereocenters. The number of esters is 1. The number of rotatable bonds is 3. The van der Waals surface area contributed by atoms with Gasteiger partial charge in [-0.1, -0.05) is 0 Å². The van der Waals surface area contributed by atoms with E-state index in [1.54, 1.807) is 6.92 Å². The van der Waals surface area contributed by atoms with Gasteiger partial charge in [-0.05, 0) is 20.8 Å². The smallest absolute Gasteiger partial charge is 0.356 e. The lowest BCUT2D eigenvalue weighted by molar-refractivity contribution is 0.0511. The lowest BCUT2D eigenvalue weighted by Gasteiger charge is -2.09. The fourth-order valence-electron chi connectivity index (χ4n) is 1.25. The zero-order chi connectivity index (χ0) is 10.7. The summed E-state index contributed by atoms with van der Waals surface area (Å²) in [7, 11) is 0. The maximum absolute atomic E-state index is 11.4. The summed E-state index contributed by atoms with van der Waals surface area (Å²) in [4.78, 5) is 25.1. The maximum Gasteiger partial charge on any atom is 0.356 e. The van der Waals surface area contributed by atoms with Gasteiger partial charge in [0.2, 0.25) is 0 Å². The average molecular weight is 198 g/mol. The van der Waals surface area contributed by atoms with Gasteiger partial charge in [0.15, 0.2) is 0 Å². The molecule has 5 nitrogen and oxygen atoms in total. The number of nitrogens with one attached hydrogen (secondary N) is 1. The molecule has 0 saturated carbocycles. The van der Waals surface area contributed by atoms with E-state index in [2.05, 4.69) is 4.98 Å². The predicted octanol–water partition coefficient (Wildman–Crippen LogP) is 0.934. The molecule has 14 heavy (non-hydrogen) atoms. The second kappa shape index (κ2) is 4.13. The van der Waals surface area contributed by atoms with Crippen molar-refractivity contribution in [1.29, 1.82) is 0 Å². The lowest BCUT2D eigenvalue weighted by atomic mass is 10.3. The van der Waals surface area contributed by atoms with Crippen LogP contribution in [0.3, 0.4) is 0 Å². The Bertz CT molecular complexity index is 376. The first kappa shape index (κ1) is 10.6. The number of aromatic amines is 1. The Morgan fingerprint density at radius 3 is 2.79 bits per heavy atom. The highest BCUT2D eigenvalue weighted by atomic mass is 16.5. The van der Waals surface area contributed by atoms with E-state index in [0.29, 0.717) is 6.61 Å². The van der Waals surface area contributed by atoms with Crippen LogP contribution in [0.4, 0.5) is 0 Å². The van der Waals surface area contributed by atoms with E-state index < -0.39 is 5.97 Å². The Morgan fingerprint density at radius 1 is 1.64 bits per heavy atom. The minimum absolute atomic E-state index is 0.0619. The van der Waals surface area contributed by atoms with E-state index in [0.717, 1.165) is 0 Å². The Hall–Kier alpha value is -1.52. The van der Waals surface area contributed by atoms with Crippen LogP contribution in [0.5, 0.6) is 0 Å². The molecule has 0 aromatic carbocycles. The van der Waals surface area contributed by atoms with Crippen LogP contribution in [0, 0.1) is 0 Å². The van der Waals surface area contributed by atoms with Crippen LogP contribution in [0.1, 0.15) is 37.3 Å². The number of hydrogen-bond acceptors (Lipinski definition) is 3. The number of ether oxygens (including phenoxy) is 1. The minimum atomic E-state index is -0.473. The standard InChI is InChI=1S/C9H14N2O3/c1-4-14-8(12)7-5-10-9(13)11(7)6(2)3/h5-6H,4H2,1-3H3,(H,10,13). The first-order valence-corrected chi connectivity index (χ1v) is 4.55. The summed E-state index contributed by atoms with van der Waals surface area (Å²) >= 11 is 0. The zero-order valence-electron chi connectivity index (χ0n) is 8.53. The van der Waals surface area contributed by atoms with Crippen molar-refractivity contribution >= 4 is 5.97 Å². The molecule has 5 heteroatoms. The molecule has 0 aliphatic carbocycles. The minimum Gasteiger partial charge on any atom is -0.461 e. The molecule has 0 radical (unpaired) electrons. The monoisotopic (exact) mass is 198 g/mol. The summed E-state index contributed by atoms with van der Waals surface area (Å²) < 4.78 is 6.19. The number of carbonyl (C=O) groups is 1. The van der Waals surface area contributed by atoms with Crippen molar-refractivity contribution in [2.45, 2.75) is 26.8 Å². The fraction of sp³-hybridized carbons (Fsp3) is 0.556. The second-order valence-electron chi connectivity index (χ2n) is 3.16. The molecule has 0 fully saturated rings. The quantitative estimate of drug-likeness (QED) is 0.735. The van der Waals surface area contributed by atoms with Gasteiger partial charge in [-0.3, -0.25) is 4.57 Å². The first-order chi connectivity index (χ1) is 6.57. The summed E-state index contributed by atoms with van der Waals surface area (Å²) in [5.41, 5.74) is -0.0186. The first-order valence-electron chi connectivity index (χ1n) is 4.55. The number of imidazole rings is 1. The van der Waals surface area contributed by atoms with Crippen molar-refractivity contribution in [3.63, 3.8) is 0 Å². The third-order valence-electron chi connectivity index (χ3n) is 1.81. The highest BCUT2D eigenvalue weighted by Crippen LogP contribution is 2.06. The Morgan fingerprint density at radius 2 is 2.29 bits per heavy atom. The van der Waals surface area contributed by atoms with E-state index in [1.807, 2.05) is 13.8 Å². The van der Waals surface area contributed by atoms with E-state index >= 15 is 0 Å². The molecule has 0 saturated heterocycles. The van der Waals surface area contributed by atoms with Gasteiger partial charge in [-0.25, -0.2) is 9.59 Å². The van der Waals surface area contributed by atoms with E-state index in [4.69, 9.17) is 4.74 Å². The molecule has 0 spiro atoms. The molecule has 0 aliphatic rings. The molecule has 0 amide bonds. The Balaban J connectivity index is 3.09. The maximum atomic E-state index is 11.4. The third kappa shape index (κ3) is 1.86. The van der Waals surface area contributed by atoms with E-state index in [9.17, 15) is 9.59 Å². The third-order valence-corrected chi connectivity index (χ3v) is 1.81. The summed E-state index contributed by atoms with van der Waals surface area (Å²) in [5, 5.41) is 0. The summed E-state index contributed by atoms with van der Waals surface area (Å²) in [6.45, 7) is 5.69. The van der Waals surface area contributed by atoms with Crippen molar-refractivity contribution in [3.8, 4) is 0 Å². The molecular formula is C9H14N2O3. The molecule has 0 bridgehead atoms. The molecule has 1 aromatic heterocycles. The molecule has 1 N–H and O–H groups in total. The van der Waals surface area contributed by atoms with Gasteiger partial charge in [0.25, 0.3) is 0 Å². The number of H-pyrrole nitrogens is 1. The molecular weight excluding hydrogens is 184 g/mol. The highest BCUT2D eigenvalue weighted by molar-refractivity contribution is 5.87.